The summed E-state index contributed by atoms with van der Waals surface area (Å²) in [7, 11) is 0. The highest BCUT2D eigenvalue weighted by molar-refractivity contribution is 6.31. The number of primary amides is 1. The van der Waals surface area contributed by atoms with Crippen LogP contribution in [0.5, 0.6) is 0 Å². The van der Waals surface area contributed by atoms with E-state index in [0.29, 0.717) is 16.3 Å². The SMILES string of the molecule is NC(=O)c1ccc(Cl)cc1Nc1ccncc1. The summed E-state index contributed by atoms with van der Waals surface area (Å²) in [5, 5.41) is 3.60. The molecule has 1 amide bonds. The Morgan fingerprint density at radius 1 is 1.24 bits per heavy atom. The Morgan fingerprint density at radius 2 is 1.94 bits per heavy atom. The van der Waals surface area contributed by atoms with E-state index in [1.54, 1.807) is 42.7 Å². The largest absolute Gasteiger partial charge is 0.366 e. The van der Waals surface area contributed by atoms with Crippen molar-refractivity contribution in [2.75, 3.05) is 5.32 Å². The number of rotatable bonds is 3. The zero-order chi connectivity index (χ0) is 12.3. The predicted molar refractivity (Wildman–Crippen MR) is 67.5 cm³/mol. The van der Waals surface area contributed by atoms with E-state index in [1.807, 2.05) is 0 Å². The molecule has 1 heterocycles. The van der Waals surface area contributed by atoms with E-state index in [-0.39, 0.29) is 0 Å². The number of carbonyl (C=O) groups excluding carboxylic acids is 1. The van der Waals surface area contributed by atoms with Gasteiger partial charge in [-0.15, -0.1) is 0 Å². The molecule has 3 N–H and O–H groups in total. The molecule has 1 aromatic carbocycles. The summed E-state index contributed by atoms with van der Waals surface area (Å²) in [5.41, 5.74) is 7.07. The minimum Gasteiger partial charge on any atom is -0.366 e. The first-order chi connectivity index (χ1) is 8.16. The van der Waals surface area contributed by atoms with E-state index in [1.165, 1.54) is 0 Å². The molecule has 0 radical (unpaired) electrons. The lowest BCUT2D eigenvalue weighted by Gasteiger charge is -2.10. The maximum Gasteiger partial charge on any atom is 0.250 e. The minimum absolute atomic E-state index is 0.395. The van der Waals surface area contributed by atoms with Crippen LogP contribution in [0.2, 0.25) is 5.02 Å². The Morgan fingerprint density at radius 3 is 2.59 bits per heavy atom. The maximum atomic E-state index is 11.3. The van der Waals surface area contributed by atoms with Crippen LogP contribution >= 0.6 is 11.6 Å². The zero-order valence-electron chi connectivity index (χ0n) is 8.85. The summed E-state index contributed by atoms with van der Waals surface area (Å²) in [4.78, 5) is 15.2. The summed E-state index contributed by atoms with van der Waals surface area (Å²) >= 11 is 5.88. The number of nitrogens with two attached hydrogens (primary N) is 1. The number of anilines is 2. The highest BCUT2D eigenvalue weighted by Crippen LogP contribution is 2.24. The monoisotopic (exact) mass is 247 g/mol. The third-order valence-electron chi connectivity index (χ3n) is 2.21. The Balaban J connectivity index is 2.37. The lowest BCUT2D eigenvalue weighted by molar-refractivity contribution is 0.100. The summed E-state index contributed by atoms with van der Waals surface area (Å²) in [6.45, 7) is 0. The van der Waals surface area contributed by atoms with Crippen molar-refractivity contribution in [1.82, 2.24) is 4.98 Å². The Bertz CT molecular complexity index is 543. The van der Waals surface area contributed by atoms with Crippen LogP contribution in [0.4, 0.5) is 11.4 Å². The lowest BCUT2D eigenvalue weighted by Crippen LogP contribution is -2.13. The quantitative estimate of drug-likeness (QED) is 0.876. The maximum absolute atomic E-state index is 11.3. The number of hydrogen-bond acceptors (Lipinski definition) is 3. The van der Waals surface area contributed by atoms with Gasteiger partial charge in [0.05, 0.1) is 11.3 Å². The van der Waals surface area contributed by atoms with Crippen molar-refractivity contribution < 1.29 is 4.79 Å². The Hall–Kier alpha value is -2.07. The fraction of sp³-hybridized carbons (Fsp3) is 0. The van der Waals surface area contributed by atoms with E-state index in [4.69, 9.17) is 17.3 Å². The molecular weight excluding hydrogens is 238 g/mol. The van der Waals surface area contributed by atoms with Crippen molar-refractivity contribution in [2.24, 2.45) is 5.73 Å². The highest BCUT2D eigenvalue weighted by Gasteiger charge is 2.08. The standard InChI is InChI=1S/C12H10ClN3O/c13-8-1-2-10(12(14)17)11(7-8)16-9-3-5-15-6-4-9/h1-7H,(H2,14,17)(H,15,16). The molecule has 86 valence electrons. The zero-order valence-corrected chi connectivity index (χ0v) is 9.61. The van der Waals surface area contributed by atoms with Crippen molar-refractivity contribution in [3.05, 3.63) is 53.3 Å². The molecule has 2 aromatic rings. The fourth-order valence-electron chi connectivity index (χ4n) is 1.43. The summed E-state index contributed by atoms with van der Waals surface area (Å²) in [5.74, 6) is -0.502. The molecule has 0 fully saturated rings. The predicted octanol–water partition coefficient (Wildman–Crippen LogP) is 2.58. The number of amides is 1. The normalized spacial score (nSPS) is 9.94. The van der Waals surface area contributed by atoms with Crippen molar-refractivity contribution in [1.29, 1.82) is 0 Å². The molecule has 0 bridgehead atoms. The Kier molecular flexibility index (Phi) is 3.25. The van der Waals surface area contributed by atoms with Crippen LogP contribution in [0.1, 0.15) is 10.4 Å². The number of pyridine rings is 1. The molecular formula is C12H10ClN3O. The lowest BCUT2D eigenvalue weighted by atomic mass is 10.1. The fourth-order valence-corrected chi connectivity index (χ4v) is 1.60. The van der Waals surface area contributed by atoms with Crippen molar-refractivity contribution >= 4 is 28.9 Å². The number of halogens is 1. The Labute approximate surface area is 103 Å². The van der Waals surface area contributed by atoms with Crippen LogP contribution in [0, 0.1) is 0 Å². The number of nitrogens with zero attached hydrogens (tertiary/aromatic N) is 1. The molecule has 0 aliphatic heterocycles. The summed E-state index contributed by atoms with van der Waals surface area (Å²) in [6, 6.07) is 8.44. The van der Waals surface area contributed by atoms with Crippen LogP contribution in [0.25, 0.3) is 0 Å². The molecule has 0 spiro atoms. The van der Waals surface area contributed by atoms with Crippen LogP contribution in [-0.2, 0) is 0 Å². The molecule has 17 heavy (non-hydrogen) atoms. The van der Waals surface area contributed by atoms with Gasteiger partial charge in [-0.25, -0.2) is 0 Å². The van der Waals surface area contributed by atoms with Gasteiger partial charge in [0, 0.05) is 23.1 Å². The van der Waals surface area contributed by atoms with E-state index < -0.39 is 5.91 Å². The number of nitrogens with one attached hydrogen (secondary N) is 1. The molecule has 0 saturated heterocycles. The first kappa shape index (κ1) is 11.4. The van der Waals surface area contributed by atoms with Gasteiger partial charge in [-0.2, -0.15) is 0 Å². The second kappa shape index (κ2) is 4.84. The molecule has 4 nitrogen and oxygen atoms in total. The van der Waals surface area contributed by atoms with Gasteiger partial charge in [-0.3, -0.25) is 9.78 Å². The topological polar surface area (TPSA) is 68.0 Å². The first-order valence-corrected chi connectivity index (χ1v) is 5.31. The van der Waals surface area contributed by atoms with E-state index in [0.717, 1.165) is 5.69 Å². The van der Waals surface area contributed by atoms with Gasteiger partial charge >= 0.3 is 0 Å². The molecule has 0 atom stereocenters. The van der Waals surface area contributed by atoms with Gasteiger partial charge in [0.25, 0.3) is 5.91 Å². The molecule has 0 saturated carbocycles. The van der Waals surface area contributed by atoms with Gasteiger partial charge in [-0.1, -0.05) is 11.6 Å². The van der Waals surface area contributed by atoms with Crippen molar-refractivity contribution in [3.63, 3.8) is 0 Å². The second-order valence-electron chi connectivity index (χ2n) is 3.42. The first-order valence-electron chi connectivity index (χ1n) is 4.93. The average Bonchev–Trinajstić information content (AvgIpc) is 2.30. The molecule has 2 rings (SSSR count). The third-order valence-corrected chi connectivity index (χ3v) is 2.44. The van der Waals surface area contributed by atoms with Gasteiger partial charge in [0.1, 0.15) is 0 Å². The van der Waals surface area contributed by atoms with Gasteiger partial charge in [0.15, 0.2) is 0 Å². The van der Waals surface area contributed by atoms with Crippen LogP contribution < -0.4 is 11.1 Å². The van der Waals surface area contributed by atoms with Crippen LogP contribution in [0.3, 0.4) is 0 Å². The summed E-state index contributed by atoms with van der Waals surface area (Å²) < 4.78 is 0. The number of hydrogen-bond donors (Lipinski definition) is 2. The highest BCUT2D eigenvalue weighted by atomic mass is 35.5. The molecule has 1 aromatic heterocycles. The number of carbonyl (C=O) groups is 1. The van der Waals surface area contributed by atoms with E-state index >= 15 is 0 Å². The summed E-state index contributed by atoms with van der Waals surface area (Å²) in [6.07, 6.45) is 3.30. The molecule has 5 heteroatoms. The second-order valence-corrected chi connectivity index (χ2v) is 3.85. The van der Waals surface area contributed by atoms with Gasteiger partial charge < -0.3 is 11.1 Å². The number of aromatic nitrogens is 1. The number of benzene rings is 1. The van der Waals surface area contributed by atoms with E-state index in [2.05, 4.69) is 10.3 Å². The van der Waals surface area contributed by atoms with Crippen molar-refractivity contribution in [2.45, 2.75) is 0 Å². The third kappa shape index (κ3) is 2.73. The van der Waals surface area contributed by atoms with Crippen LogP contribution in [-0.4, -0.2) is 10.9 Å². The molecule has 0 aliphatic carbocycles. The van der Waals surface area contributed by atoms with Crippen LogP contribution in [0.15, 0.2) is 42.7 Å². The van der Waals surface area contributed by atoms with Crippen molar-refractivity contribution in [3.8, 4) is 0 Å². The average molecular weight is 248 g/mol. The van der Waals surface area contributed by atoms with E-state index in [9.17, 15) is 4.79 Å². The van der Waals surface area contributed by atoms with Gasteiger partial charge in [-0.05, 0) is 30.3 Å². The molecule has 0 aliphatic rings. The van der Waals surface area contributed by atoms with Gasteiger partial charge in [0.2, 0.25) is 0 Å². The molecule has 0 unspecified atom stereocenters. The smallest absolute Gasteiger partial charge is 0.250 e. The minimum atomic E-state index is -0.502.